The zero-order chi connectivity index (χ0) is 5.70. The molecule has 0 nitrogen and oxygen atoms in total. The molecule has 0 aromatic rings. The molecule has 0 amide bonds. The number of allylic oxidation sites excluding steroid dienone is 2. The van der Waals surface area contributed by atoms with E-state index in [9.17, 15) is 4.39 Å². The van der Waals surface area contributed by atoms with E-state index in [1.165, 1.54) is 0 Å². The Bertz CT molecular complexity index is 110. The van der Waals surface area contributed by atoms with Crippen LogP contribution < -0.4 is 0 Å². The Labute approximate surface area is 47.0 Å². The first-order valence-corrected chi connectivity index (χ1v) is 2.21. The summed E-state index contributed by atoms with van der Waals surface area (Å²) in [5, 5.41) is 0. The summed E-state index contributed by atoms with van der Waals surface area (Å²) < 4.78 is 11.7. The van der Waals surface area contributed by atoms with E-state index in [2.05, 4.69) is 6.42 Å². The van der Waals surface area contributed by atoms with E-state index >= 15 is 0 Å². The summed E-state index contributed by atoms with van der Waals surface area (Å²) in [6.07, 6.45) is 5.67. The standard InChI is InChI=1S/C5H4ClF/c1-2-3-5(7)4-6/h1,3H,4H2. The monoisotopic (exact) mass is 118 g/mol. The summed E-state index contributed by atoms with van der Waals surface area (Å²) in [4.78, 5) is 0. The molecule has 0 saturated carbocycles. The summed E-state index contributed by atoms with van der Waals surface area (Å²) in [6, 6.07) is 0. The lowest BCUT2D eigenvalue weighted by atomic mass is 10.5. The molecule has 0 spiro atoms. The van der Waals surface area contributed by atoms with E-state index in [0.29, 0.717) is 0 Å². The lowest BCUT2D eigenvalue weighted by molar-refractivity contribution is 0.644. The number of hydrogen-bond acceptors (Lipinski definition) is 0. The molecule has 0 aliphatic carbocycles. The van der Waals surface area contributed by atoms with Gasteiger partial charge in [-0.05, 0) is 0 Å². The van der Waals surface area contributed by atoms with E-state index in [4.69, 9.17) is 11.6 Å². The van der Waals surface area contributed by atoms with Gasteiger partial charge in [0.15, 0.2) is 0 Å². The Morgan fingerprint density at radius 3 is 2.71 bits per heavy atom. The van der Waals surface area contributed by atoms with Crippen LogP contribution in [-0.4, -0.2) is 5.88 Å². The van der Waals surface area contributed by atoms with Crippen LogP contribution in [0.3, 0.4) is 0 Å². The highest BCUT2D eigenvalue weighted by atomic mass is 35.5. The first-order valence-electron chi connectivity index (χ1n) is 1.68. The minimum Gasteiger partial charge on any atom is -0.210 e. The van der Waals surface area contributed by atoms with Gasteiger partial charge in [0.05, 0.1) is 5.88 Å². The van der Waals surface area contributed by atoms with Crippen molar-refractivity contribution >= 4 is 11.6 Å². The van der Waals surface area contributed by atoms with E-state index < -0.39 is 5.83 Å². The molecule has 0 heterocycles. The first kappa shape index (κ1) is 6.52. The number of rotatable bonds is 1. The maximum absolute atomic E-state index is 11.7. The average molecular weight is 119 g/mol. The molecule has 0 bridgehead atoms. The van der Waals surface area contributed by atoms with Gasteiger partial charge in [0.1, 0.15) is 5.83 Å². The fourth-order valence-electron chi connectivity index (χ4n) is 0.129. The SMILES string of the molecule is C#CC=C(F)CCl. The van der Waals surface area contributed by atoms with E-state index in [1.54, 1.807) is 0 Å². The molecular formula is C5H4ClF. The third-order valence-electron chi connectivity index (χ3n) is 0.368. The quantitative estimate of drug-likeness (QED) is 0.363. The second kappa shape index (κ2) is 3.70. The van der Waals surface area contributed by atoms with Crippen LogP contribution >= 0.6 is 11.6 Å². The van der Waals surface area contributed by atoms with Crippen molar-refractivity contribution in [1.82, 2.24) is 0 Å². The van der Waals surface area contributed by atoms with Crippen molar-refractivity contribution in [3.8, 4) is 12.3 Å². The lowest BCUT2D eigenvalue weighted by Gasteiger charge is -1.77. The van der Waals surface area contributed by atoms with Gasteiger partial charge in [-0.25, -0.2) is 4.39 Å². The van der Waals surface area contributed by atoms with Gasteiger partial charge in [-0.3, -0.25) is 0 Å². The van der Waals surface area contributed by atoms with Gasteiger partial charge in [-0.15, -0.1) is 18.0 Å². The second-order valence-corrected chi connectivity index (χ2v) is 1.16. The van der Waals surface area contributed by atoms with Crippen molar-refractivity contribution in [3.05, 3.63) is 11.9 Å². The molecular weight excluding hydrogens is 115 g/mol. The van der Waals surface area contributed by atoms with Crippen molar-refractivity contribution in [2.24, 2.45) is 0 Å². The number of alkyl halides is 1. The third kappa shape index (κ3) is 3.35. The van der Waals surface area contributed by atoms with Crippen molar-refractivity contribution in [2.75, 3.05) is 5.88 Å². The maximum Gasteiger partial charge on any atom is 0.123 e. The van der Waals surface area contributed by atoms with E-state index in [1.807, 2.05) is 5.92 Å². The zero-order valence-electron chi connectivity index (χ0n) is 3.62. The average Bonchev–Trinajstić information content (AvgIpc) is 1.68. The molecule has 0 unspecified atom stereocenters. The minimum atomic E-state index is -0.468. The Hall–Kier alpha value is -0.480. The molecule has 2 heteroatoms. The summed E-state index contributed by atoms with van der Waals surface area (Å²) in [5.74, 6) is 1.39. The van der Waals surface area contributed by atoms with Crippen LogP contribution in [0.4, 0.5) is 4.39 Å². The first-order chi connectivity index (χ1) is 3.31. The van der Waals surface area contributed by atoms with Crippen LogP contribution in [0.25, 0.3) is 0 Å². The molecule has 0 saturated heterocycles. The van der Waals surface area contributed by atoms with Crippen LogP contribution in [0, 0.1) is 12.3 Å². The maximum atomic E-state index is 11.7. The molecule has 0 aliphatic heterocycles. The summed E-state index contributed by atoms with van der Waals surface area (Å²) in [5.41, 5.74) is 0. The predicted octanol–water partition coefficient (Wildman–Crippen LogP) is 1.71. The van der Waals surface area contributed by atoms with Crippen LogP contribution in [0.5, 0.6) is 0 Å². The predicted molar refractivity (Wildman–Crippen MR) is 28.7 cm³/mol. The second-order valence-electron chi connectivity index (χ2n) is 0.891. The van der Waals surface area contributed by atoms with E-state index in [-0.39, 0.29) is 5.88 Å². The molecule has 38 valence electrons. The third-order valence-corrected chi connectivity index (χ3v) is 0.623. The van der Waals surface area contributed by atoms with E-state index in [0.717, 1.165) is 6.08 Å². The fraction of sp³-hybridized carbons (Fsp3) is 0.200. The van der Waals surface area contributed by atoms with Gasteiger partial charge in [0.2, 0.25) is 0 Å². The molecule has 0 atom stereocenters. The molecule has 0 rings (SSSR count). The smallest absolute Gasteiger partial charge is 0.123 e. The number of hydrogen-bond donors (Lipinski definition) is 0. The Morgan fingerprint density at radius 1 is 2.00 bits per heavy atom. The molecule has 0 N–H and O–H groups in total. The van der Waals surface area contributed by atoms with Crippen molar-refractivity contribution in [3.63, 3.8) is 0 Å². The van der Waals surface area contributed by atoms with Crippen LogP contribution in [-0.2, 0) is 0 Å². The molecule has 0 aromatic heterocycles. The largest absolute Gasteiger partial charge is 0.210 e. The molecule has 0 fully saturated rings. The number of terminal acetylenes is 1. The van der Waals surface area contributed by atoms with Crippen LogP contribution in [0.1, 0.15) is 0 Å². The number of halogens is 2. The van der Waals surface area contributed by atoms with Crippen LogP contribution in [0.15, 0.2) is 11.9 Å². The van der Waals surface area contributed by atoms with Gasteiger partial charge in [0.25, 0.3) is 0 Å². The minimum absolute atomic E-state index is 0.135. The van der Waals surface area contributed by atoms with Gasteiger partial charge in [0, 0.05) is 6.08 Å². The van der Waals surface area contributed by atoms with Crippen LogP contribution in [0.2, 0.25) is 0 Å². The van der Waals surface area contributed by atoms with Crippen molar-refractivity contribution < 1.29 is 4.39 Å². The highest BCUT2D eigenvalue weighted by Gasteiger charge is 1.83. The molecule has 0 aliphatic rings. The summed E-state index contributed by atoms with van der Waals surface area (Å²) in [6.45, 7) is 0. The lowest BCUT2D eigenvalue weighted by Crippen LogP contribution is -1.69. The van der Waals surface area contributed by atoms with Crippen molar-refractivity contribution in [2.45, 2.75) is 0 Å². The molecule has 0 radical (unpaired) electrons. The topological polar surface area (TPSA) is 0 Å². The van der Waals surface area contributed by atoms with Gasteiger partial charge in [-0.1, -0.05) is 5.92 Å². The van der Waals surface area contributed by atoms with Gasteiger partial charge in [-0.2, -0.15) is 0 Å². The summed E-state index contributed by atoms with van der Waals surface area (Å²) >= 11 is 4.99. The summed E-state index contributed by atoms with van der Waals surface area (Å²) in [7, 11) is 0. The fourth-order valence-corrected chi connectivity index (χ4v) is 0.206. The van der Waals surface area contributed by atoms with Crippen molar-refractivity contribution in [1.29, 1.82) is 0 Å². The molecule has 7 heavy (non-hydrogen) atoms. The zero-order valence-corrected chi connectivity index (χ0v) is 4.37. The Morgan fingerprint density at radius 2 is 2.57 bits per heavy atom. The van der Waals surface area contributed by atoms with Gasteiger partial charge >= 0.3 is 0 Å². The molecule has 0 aromatic carbocycles. The highest BCUT2D eigenvalue weighted by Crippen LogP contribution is 1.95. The van der Waals surface area contributed by atoms with Gasteiger partial charge < -0.3 is 0 Å². The normalized spacial score (nSPS) is 10.7. The Balaban J connectivity index is 3.56. The highest BCUT2D eigenvalue weighted by molar-refractivity contribution is 6.19. The Kier molecular flexibility index (Phi) is 3.45.